The minimum Gasteiger partial charge on any atom is -0.256 e. The summed E-state index contributed by atoms with van der Waals surface area (Å²) in [6.45, 7) is -0.489. The monoisotopic (exact) mass is 307 g/mol. The van der Waals surface area contributed by atoms with Gasteiger partial charge in [0.25, 0.3) is 0 Å². The smallest absolute Gasteiger partial charge is 0.0731 e. The molecule has 3 aromatic rings. The van der Waals surface area contributed by atoms with E-state index in [0.29, 0.717) is 11.3 Å². The first-order valence-electron chi connectivity index (χ1n) is 10.6. The molecule has 1 aromatic heterocycles. The highest BCUT2D eigenvalue weighted by molar-refractivity contribution is 5.63. The Morgan fingerprint density at radius 3 is 2.26 bits per heavy atom. The topological polar surface area (TPSA) is 12.9 Å². The average Bonchev–Trinajstić information content (AvgIpc) is 2.67. The lowest BCUT2D eigenvalue weighted by atomic mass is 9.78. The Kier molecular flexibility index (Phi) is 2.52. The van der Waals surface area contributed by atoms with Crippen LogP contribution in [-0.2, 0) is 5.41 Å². The maximum Gasteiger partial charge on any atom is 0.0731 e. The molecule has 0 bridgehead atoms. The van der Waals surface area contributed by atoms with E-state index in [-0.39, 0.29) is 11.1 Å². The fourth-order valence-corrected chi connectivity index (χ4v) is 2.69. The van der Waals surface area contributed by atoms with Gasteiger partial charge in [0.1, 0.15) is 0 Å². The van der Waals surface area contributed by atoms with Gasteiger partial charge in [-0.1, -0.05) is 80.1 Å². The third kappa shape index (κ3) is 3.05. The van der Waals surface area contributed by atoms with Crippen LogP contribution in [0.15, 0.2) is 66.9 Å². The molecule has 0 spiro atoms. The number of aryl methyl sites for hydroxylation is 2. The molecule has 0 unspecified atom stereocenters. The number of hydrogen-bond acceptors (Lipinski definition) is 1. The van der Waals surface area contributed by atoms with Crippen LogP contribution in [0.4, 0.5) is 0 Å². The molecule has 0 saturated heterocycles. The molecule has 0 fully saturated rings. The van der Waals surface area contributed by atoms with Crippen LogP contribution in [0.1, 0.15) is 44.3 Å². The van der Waals surface area contributed by atoms with Crippen LogP contribution >= 0.6 is 0 Å². The molecule has 0 N–H and O–H groups in total. The Morgan fingerprint density at radius 2 is 1.61 bits per heavy atom. The molecule has 3 rings (SSSR count). The third-order valence-corrected chi connectivity index (χ3v) is 4.26. The second kappa shape index (κ2) is 6.00. The molecular formula is C22H23N. The van der Waals surface area contributed by atoms with E-state index in [0.717, 1.165) is 11.1 Å². The lowest BCUT2D eigenvalue weighted by Gasteiger charge is -2.26. The molecule has 23 heavy (non-hydrogen) atoms. The van der Waals surface area contributed by atoms with E-state index in [2.05, 4.69) is 4.98 Å². The van der Waals surface area contributed by atoms with Crippen molar-refractivity contribution in [2.75, 3.05) is 0 Å². The summed E-state index contributed by atoms with van der Waals surface area (Å²) in [5, 5.41) is 0. The van der Waals surface area contributed by atoms with Crippen LogP contribution in [-0.4, -0.2) is 4.98 Å². The summed E-state index contributed by atoms with van der Waals surface area (Å²) in [6.07, 6.45) is 1.70. The standard InChI is InChI=1S/C22H23N/c1-16-10-12-18(13-11-16)21-17(2)14-20(15-23-21)22(3,4)19-8-6-5-7-9-19/h5-15H,1-4H3/i1D3,2D3. The maximum atomic E-state index is 8.01. The molecule has 0 amide bonds. The minimum atomic E-state index is -2.35. The van der Waals surface area contributed by atoms with Gasteiger partial charge in [-0.3, -0.25) is 4.98 Å². The van der Waals surface area contributed by atoms with Gasteiger partial charge in [-0.2, -0.15) is 0 Å². The molecule has 0 aliphatic rings. The van der Waals surface area contributed by atoms with E-state index in [1.165, 1.54) is 12.1 Å². The van der Waals surface area contributed by atoms with Crippen molar-refractivity contribution in [3.63, 3.8) is 0 Å². The SMILES string of the molecule is [2H]C([2H])([2H])c1ccc(-c2ncc(C(C)(C)c3ccccc3)cc2C([2H])([2H])[2H])cc1. The zero-order chi connectivity index (χ0) is 21.4. The first-order valence-corrected chi connectivity index (χ1v) is 7.58. The molecule has 0 aliphatic carbocycles. The Morgan fingerprint density at radius 1 is 0.870 bits per heavy atom. The molecule has 1 nitrogen and oxygen atoms in total. The first-order chi connectivity index (χ1) is 13.4. The zero-order valence-corrected chi connectivity index (χ0v) is 13.3. The van der Waals surface area contributed by atoms with Crippen molar-refractivity contribution in [3.8, 4) is 11.3 Å². The zero-order valence-electron chi connectivity index (χ0n) is 19.3. The van der Waals surface area contributed by atoms with E-state index in [1.807, 2.05) is 44.2 Å². The molecule has 116 valence electrons. The minimum absolute atomic E-state index is 0.153. The molecule has 2 aromatic carbocycles. The number of pyridine rings is 1. The van der Waals surface area contributed by atoms with Gasteiger partial charge in [0.15, 0.2) is 0 Å². The van der Waals surface area contributed by atoms with Crippen molar-refractivity contribution in [1.82, 2.24) is 4.98 Å². The van der Waals surface area contributed by atoms with E-state index >= 15 is 0 Å². The predicted octanol–water partition coefficient (Wildman–Crippen LogP) is 5.69. The lowest BCUT2D eigenvalue weighted by Crippen LogP contribution is -2.19. The number of rotatable bonds is 3. The second-order valence-corrected chi connectivity index (χ2v) is 6.19. The highest BCUT2D eigenvalue weighted by atomic mass is 14.7. The fraction of sp³-hybridized carbons (Fsp3) is 0.227. The molecule has 0 radical (unpaired) electrons. The predicted molar refractivity (Wildman–Crippen MR) is 97.7 cm³/mol. The van der Waals surface area contributed by atoms with Gasteiger partial charge in [0, 0.05) is 25.4 Å². The van der Waals surface area contributed by atoms with Crippen molar-refractivity contribution in [2.45, 2.75) is 33.0 Å². The van der Waals surface area contributed by atoms with Crippen LogP contribution in [0.5, 0.6) is 0 Å². The molecule has 1 heteroatoms. The second-order valence-electron chi connectivity index (χ2n) is 6.19. The Hall–Kier alpha value is -2.41. The molecule has 0 saturated carbocycles. The summed E-state index contributed by atoms with van der Waals surface area (Å²) in [6, 6.07) is 17.8. The first kappa shape index (κ1) is 9.67. The Balaban J connectivity index is 2.11. The van der Waals surface area contributed by atoms with Crippen LogP contribution < -0.4 is 0 Å². The molecule has 1 heterocycles. The van der Waals surface area contributed by atoms with Gasteiger partial charge in [-0.05, 0) is 30.4 Å². The fourth-order valence-electron chi connectivity index (χ4n) is 2.69. The lowest BCUT2D eigenvalue weighted by molar-refractivity contribution is 0.637. The van der Waals surface area contributed by atoms with Gasteiger partial charge >= 0.3 is 0 Å². The molecule has 0 aliphatic heterocycles. The normalized spacial score (nSPS) is 16.4. The average molecular weight is 307 g/mol. The van der Waals surface area contributed by atoms with Gasteiger partial charge in [-0.15, -0.1) is 0 Å². The van der Waals surface area contributed by atoms with Gasteiger partial charge in [-0.25, -0.2) is 0 Å². The Labute approximate surface area is 147 Å². The van der Waals surface area contributed by atoms with Crippen molar-refractivity contribution < 1.29 is 8.22 Å². The summed E-state index contributed by atoms with van der Waals surface area (Å²) in [7, 11) is 0. The van der Waals surface area contributed by atoms with Crippen molar-refractivity contribution in [2.24, 2.45) is 0 Å². The van der Waals surface area contributed by atoms with Crippen molar-refractivity contribution in [1.29, 1.82) is 0 Å². The summed E-state index contributed by atoms with van der Waals surface area (Å²) in [5.74, 6) is 0. The number of benzene rings is 2. The maximum absolute atomic E-state index is 8.01. The molecular weight excluding hydrogens is 278 g/mol. The largest absolute Gasteiger partial charge is 0.256 e. The van der Waals surface area contributed by atoms with Gasteiger partial charge in [0.05, 0.1) is 5.69 Å². The van der Waals surface area contributed by atoms with E-state index in [1.54, 1.807) is 24.4 Å². The number of nitrogens with zero attached hydrogens (tertiary/aromatic N) is 1. The molecule has 0 atom stereocenters. The van der Waals surface area contributed by atoms with Crippen LogP contribution in [0.3, 0.4) is 0 Å². The van der Waals surface area contributed by atoms with Gasteiger partial charge < -0.3 is 0 Å². The van der Waals surface area contributed by atoms with Crippen LogP contribution in [0.2, 0.25) is 0 Å². The summed E-state index contributed by atoms with van der Waals surface area (Å²) >= 11 is 0. The number of hydrogen-bond donors (Lipinski definition) is 0. The van der Waals surface area contributed by atoms with E-state index in [4.69, 9.17) is 8.22 Å². The third-order valence-electron chi connectivity index (χ3n) is 4.26. The highest BCUT2D eigenvalue weighted by Gasteiger charge is 2.24. The van der Waals surface area contributed by atoms with Gasteiger partial charge in [0.2, 0.25) is 0 Å². The quantitative estimate of drug-likeness (QED) is 0.605. The summed E-state index contributed by atoms with van der Waals surface area (Å²) in [5.41, 5.74) is 2.73. The van der Waals surface area contributed by atoms with Crippen molar-refractivity contribution in [3.05, 3.63) is 89.1 Å². The summed E-state index contributed by atoms with van der Waals surface area (Å²) < 4.78 is 46.5. The number of aromatic nitrogens is 1. The van der Waals surface area contributed by atoms with E-state index in [9.17, 15) is 0 Å². The van der Waals surface area contributed by atoms with Crippen LogP contribution in [0.25, 0.3) is 11.3 Å². The van der Waals surface area contributed by atoms with Crippen molar-refractivity contribution >= 4 is 0 Å². The summed E-state index contributed by atoms with van der Waals surface area (Å²) in [4.78, 5) is 4.50. The highest BCUT2D eigenvalue weighted by Crippen LogP contribution is 2.33. The Bertz CT molecular complexity index is 987. The van der Waals surface area contributed by atoms with Crippen LogP contribution in [0, 0.1) is 13.7 Å². The van der Waals surface area contributed by atoms with E-state index < -0.39 is 19.1 Å².